The van der Waals surface area contributed by atoms with E-state index in [9.17, 15) is 18.0 Å². The highest BCUT2D eigenvalue weighted by molar-refractivity contribution is 7.88. The molecule has 0 saturated carbocycles. The third-order valence-corrected chi connectivity index (χ3v) is 5.35. The molecule has 1 amide bonds. The minimum absolute atomic E-state index is 0.104. The van der Waals surface area contributed by atoms with E-state index in [1.807, 2.05) is 44.2 Å². The van der Waals surface area contributed by atoms with E-state index >= 15 is 0 Å². The van der Waals surface area contributed by atoms with Gasteiger partial charge in [-0.25, -0.2) is 8.42 Å². The van der Waals surface area contributed by atoms with Crippen LogP contribution in [0.25, 0.3) is 0 Å². The van der Waals surface area contributed by atoms with E-state index in [1.54, 1.807) is 4.90 Å². The normalized spacial score (nSPS) is 18.3. The Balaban J connectivity index is 2.02. The predicted octanol–water partition coefficient (Wildman–Crippen LogP) is 1.40. The molecule has 1 unspecified atom stereocenters. The SMILES string of the molecule is CC(C)N(C(=O)COC(=O)C1CCCN1S(C)(=O)=O)c1ccccc1. The lowest BCUT2D eigenvalue weighted by Crippen LogP contribution is -2.43. The lowest BCUT2D eigenvalue weighted by molar-refractivity contribution is -0.151. The molecule has 1 aliphatic heterocycles. The van der Waals surface area contributed by atoms with Crippen LogP contribution in [0.3, 0.4) is 0 Å². The fourth-order valence-corrected chi connectivity index (χ4v) is 4.10. The van der Waals surface area contributed by atoms with E-state index in [1.165, 1.54) is 0 Å². The highest BCUT2D eigenvalue weighted by atomic mass is 32.2. The van der Waals surface area contributed by atoms with E-state index in [2.05, 4.69) is 0 Å². The van der Waals surface area contributed by atoms with E-state index in [-0.39, 0.29) is 11.9 Å². The van der Waals surface area contributed by atoms with E-state index in [0.29, 0.717) is 19.4 Å². The first-order valence-corrected chi connectivity index (χ1v) is 10.1. The number of esters is 1. The molecule has 25 heavy (non-hydrogen) atoms. The van der Waals surface area contributed by atoms with Gasteiger partial charge < -0.3 is 9.64 Å². The van der Waals surface area contributed by atoms with Crippen LogP contribution < -0.4 is 4.90 Å². The summed E-state index contributed by atoms with van der Waals surface area (Å²) in [6.07, 6.45) is 2.08. The molecule has 0 bridgehead atoms. The number of hydrogen-bond donors (Lipinski definition) is 0. The van der Waals surface area contributed by atoms with Gasteiger partial charge in [-0.05, 0) is 38.8 Å². The number of rotatable bonds is 6. The van der Waals surface area contributed by atoms with Gasteiger partial charge >= 0.3 is 5.97 Å². The lowest BCUT2D eigenvalue weighted by Gasteiger charge is -2.27. The number of carbonyl (C=O) groups is 2. The number of hydrogen-bond acceptors (Lipinski definition) is 5. The van der Waals surface area contributed by atoms with Gasteiger partial charge in [-0.15, -0.1) is 0 Å². The first-order chi connectivity index (χ1) is 11.7. The van der Waals surface area contributed by atoms with Crippen molar-refractivity contribution in [2.75, 3.05) is 24.3 Å². The molecule has 1 saturated heterocycles. The molecule has 138 valence electrons. The summed E-state index contributed by atoms with van der Waals surface area (Å²) in [6.45, 7) is 3.62. The summed E-state index contributed by atoms with van der Waals surface area (Å²) in [7, 11) is -3.47. The molecule has 1 heterocycles. The molecule has 0 aromatic heterocycles. The Bertz CT molecular complexity index is 718. The van der Waals surface area contributed by atoms with E-state index in [4.69, 9.17) is 4.74 Å². The highest BCUT2D eigenvalue weighted by Gasteiger charge is 2.38. The van der Waals surface area contributed by atoms with Crippen molar-refractivity contribution in [3.63, 3.8) is 0 Å². The lowest BCUT2D eigenvalue weighted by atomic mass is 10.2. The Morgan fingerprint density at radius 2 is 1.92 bits per heavy atom. The Hall–Kier alpha value is -1.93. The third-order valence-electron chi connectivity index (χ3n) is 4.06. The van der Waals surface area contributed by atoms with Gasteiger partial charge in [0.25, 0.3) is 5.91 Å². The molecule has 2 rings (SSSR count). The maximum absolute atomic E-state index is 12.5. The largest absolute Gasteiger partial charge is 0.454 e. The zero-order valence-electron chi connectivity index (χ0n) is 14.7. The van der Waals surface area contributed by atoms with Crippen molar-refractivity contribution in [3.05, 3.63) is 30.3 Å². The van der Waals surface area contributed by atoms with Crippen molar-refractivity contribution in [3.8, 4) is 0 Å². The van der Waals surface area contributed by atoms with Crippen molar-refractivity contribution in [1.82, 2.24) is 4.31 Å². The number of nitrogens with zero attached hydrogens (tertiary/aromatic N) is 2. The number of benzene rings is 1. The number of sulfonamides is 1. The Labute approximate surface area is 148 Å². The number of carbonyl (C=O) groups excluding carboxylic acids is 2. The molecule has 8 heteroatoms. The molecule has 0 N–H and O–H groups in total. The van der Waals surface area contributed by atoms with Gasteiger partial charge in [-0.1, -0.05) is 18.2 Å². The minimum Gasteiger partial charge on any atom is -0.454 e. The summed E-state index contributed by atoms with van der Waals surface area (Å²) in [4.78, 5) is 26.3. The quantitative estimate of drug-likeness (QED) is 0.709. The molecule has 1 aliphatic rings. The second-order valence-electron chi connectivity index (χ2n) is 6.33. The Morgan fingerprint density at radius 3 is 2.48 bits per heavy atom. The zero-order valence-corrected chi connectivity index (χ0v) is 15.5. The van der Waals surface area contributed by atoms with Gasteiger partial charge in [0.05, 0.1) is 6.26 Å². The maximum atomic E-state index is 12.5. The summed E-state index contributed by atoms with van der Waals surface area (Å²) < 4.78 is 29.7. The molecule has 1 atom stereocenters. The maximum Gasteiger partial charge on any atom is 0.324 e. The summed E-state index contributed by atoms with van der Waals surface area (Å²) in [6, 6.07) is 8.18. The summed E-state index contributed by atoms with van der Waals surface area (Å²) >= 11 is 0. The second-order valence-corrected chi connectivity index (χ2v) is 8.27. The van der Waals surface area contributed by atoms with Crippen LogP contribution >= 0.6 is 0 Å². The Morgan fingerprint density at radius 1 is 1.28 bits per heavy atom. The van der Waals surface area contributed by atoms with E-state index < -0.39 is 28.6 Å². The van der Waals surface area contributed by atoms with Gasteiger partial charge in [0.15, 0.2) is 6.61 Å². The van der Waals surface area contributed by atoms with Crippen LogP contribution in [0, 0.1) is 0 Å². The van der Waals surface area contributed by atoms with Crippen LogP contribution in [0.15, 0.2) is 30.3 Å². The standard InChI is InChI=1S/C17H24N2O5S/c1-13(2)19(14-8-5-4-6-9-14)16(20)12-24-17(21)15-10-7-11-18(15)25(3,22)23/h4-6,8-9,13,15H,7,10-12H2,1-3H3. The molecular formula is C17H24N2O5S. The predicted molar refractivity (Wildman–Crippen MR) is 94.6 cm³/mol. The molecule has 0 spiro atoms. The van der Waals surface area contributed by atoms with Crippen LogP contribution in [-0.4, -0.2) is 56.1 Å². The van der Waals surface area contributed by atoms with Gasteiger partial charge in [0.2, 0.25) is 10.0 Å². The smallest absolute Gasteiger partial charge is 0.324 e. The Kier molecular flexibility index (Phi) is 6.18. The summed E-state index contributed by atoms with van der Waals surface area (Å²) in [5.41, 5.74) is 0.720. The fourth-order valence-electron chi connectivity index (χ4n) is 2.99. The third kappa shape index (κ3) is 4.79. The molecule has 0 aliphatic carbocycles. The van der Waals surface area contributed by atoms with Gasteiger partial charge in [-0.2, -0.15) is 4.31 Å². The molecule has 1 fully saturated rings. The zero-order chi connectivity index (χ0) is 18.6. The van der Waals surface area contributed by atoms with Crippen molar-refractivity contribution >= 4 is 27.6 Å². The second kappa shape index (κ2) is 7.97. The number of anilines is 1. The minimum atomic E-state index is -3.47. The van der Waals surface area contributed by atoms with Crippen LogP contribution in [-0.2, 0) is 24.3 Å². The summed E-state index contributed by atoms with van der Waals surface area (Å²) in [5, 5.41) is 0. The van der Waals surface area contributed by atoms with Gasteiger partial charge in [0.1, 0.15) is 6.04 Å². The van der Waals surface area contributed by atoms with Crippen molar-refractivity contribution < 1.29 is 22.7 Å². The molecule has 0 radical (unpaired) electrons. The van der Waals surface area contributed by atoms with Crippen molar-refractivity contribution in [2.45, 2.75) is 38.8 Å². The number of para-hydroxylation sites is 1. The summed E-state index contributed by atoms with van der Waals surface area (Å²) in [5.74, 6) is -1.02. The number of amides is 1. The van der Waals surface area contributed by atoms with Crippen LogP contribution in [0.5, 0.6) is 0 Å². The first-order valence-electron chi connectivity index (χ1n) is 8.22. The van der Waals surface area contributed by atoms with Gasteiger partial charge in [-0.3, -0.25) is 9.59 Å². The van der Waals surface area contributed by atoms with Crippen molar-refractivity contribution in [1.29, 1.82) is 0 Å². The van der Waals surface area contributed by atoms with Crippen LogP contribution in [0.4, 0.5) is 5.69 Å². The fraction of sp³-hybridized carbons (Fsp3) is 0.529. The van der Waals surface area contributed by atoms with Crippen LogP contribution in [0.2, 0.25) is 0 Å². The van der Waals surface area contributed by atoms with Crippen LogP contribution in [0.1, 0.15) is 26.7 Å². The monoisotopic (exact) mass is 368 g/mol. The first kappa shape index (κ1) is 19.4. The average Bonchev–Trinajstić information content (AvgIpc) is 3.03. The molecule has 7 nitrogen and oxygen atoms in total. The van der Waals surface area contributed by atoms with Crippen molar-refractivity contribution in [2.24, 2.45) is 0 Å². The molecule has 1 aromatic rings. The molecular weight excluding hydrogens is 344 g/mol. The topological polar surface area (TPSA) is 84.0 Å². The number of ether oxygens (including phenoxy) is 1. The average molecular weight is 368 g/mol. The highest BCUT2D eigenvalue weighted by Crippen LogP contribution is 2.22. The van der Waals surface area contributed by atoms with E-state index in [0.717, 1.165) is 16.2 Å². The van der Waals surface area contributed by atoms with Gasteiger partial charge in [0, 0.05) is 18.3 Å². The molecule has 1 aromatic carbocycles.